The van der Waals surface area contributed by atoms with Gasteiger partial charge in [-0.25, -0.2) is 0 Å². The van der Waals surface area contributed by atoms with Crippen molar-refractivity contribution in [3.63, 3.8) is 0 Å². The summed E-state index contributed by atoms with van der Waals surface area (Å²) >= 11 is 0. The lowest BCUT2D eigenvalue weighted by Crippen LogP contribution is -2.24. The minimum Gasteiger partial charge on any atom is -0.291 e. The molecule has 0 saturated heterocycles. The maximum atomic E-state index is 12.6. The van der Waals surface area contributed by atoms with E-state index < -0.39 is 16.2 Å². The molecule has 0 radical (unpaired) electrons. The van der Waals surface area contributed by atoms with Crippen molar-refractivity contribution < 1.29 is 17.4 Å². The molecule has 0 amide bonds. The molecule has 0 spiro atoms. The molecule has 3 rings (SSSR count). The van der Waals surface area contributed by atoms with E-state index in [4.69, 9.17) is 4.18 Å². The van der Waals surface area contributed by atoms with Gasteiger partial charge in [0.2, 0.25) is 0 Å². The average molecular weight is 354 g/mol. The fourth-order valence-corrected chi connectivity index (χ4v) is 3.62. The van der Waals surface area contributed by atoms with Crippen LogP contribution in [0.25, 0.3) is 10.8 Å². The number of hydrogen-bond donors (Lipinski definition) is 0. The van der Waals surface area contributed by atoms with E-state index in [9.17, 15) is 13.2 Å². The van der Waals surface area contributed by atoms with E-state index in [0.717, 1.165) is 16.3 Å². The van der Waals surface area contributed by atoms with Crippen molar-refractivity contribution in [3.8, 4) is 0 Å². The standard InChI is InChI=1S/C20H18O4S/c1-14-7-11-19(12-8-14)25(22,23)24-15(2)20(21)18-10-9-16-5-3-4-6-17(16)13-18/h3-13,15H,1-2H3/t15-/m1/s1. The van der Waals surface area contributed by atoms with Crippen LogP contribution in [-0.2, 0) is 14.3 Å². The molecule has 5 heteroatoms. The van der Waals surface area contributed by atoms with Crippen LogP contribution in [0.5, 0.6) is 0 Å². The van der Waals surface area contributed by atoms with Crippen LogP contribution in [0.4, 0.5) is 0 Å². The van der Waals surface area contributed by atoms with Gasteiger partial charge in [0.25, 0.3) is 10.1 Å². The third-order valence-electron chi connectivity index (χ3n) is 3.98. The zero-order valence-electron chi connectivity index (χ0n) is 14.0. The Labute approximate surface area is 147 Å². The number of hydrogen-bond acceptors (Lipinski definition) is 4. The molecule has 0 aromatic heterocycles. The van der Waals surface area contributed by atoms with Gasteiger partial charge < -0.3 is 0 Å². The Morgan fingerprint density at radius 2 is 1.56 bits per heavy atom. The fourth-order valence-electron chi connectivity index (χ4n) is 2.57. The van der Waals surface area contributed by atoms with E-state index in [0.29, 0.717) is 5.56 Å². The number of fused-ring (bicyclic) bond motifs is 1. The molecular formula is C20H18O4S. The number of ketones is 1. The Bertz CT molecular complexity index is 1020. The minimum absolute atomic E-state index is 0.0382. The first-order valence-electron chi connectivity index (χ1n) is 7.90. The molecule has 3 aromatic rings. The van der Waals surface area contributed by atoms with E-state index in [1.54, 1.807) is 24.3 Å². The summed E-state index contributed by atoms with van der Waals surface area (Å²) in [6.07, 6.45) is -1.10. The summed E-state index contributed by atoms with van der Waals surface area (Å²) < 4.78 is 29.8. The highest BCUT2D eigenvalue weighted by Crippen LogP contribution is 2.20. The second-order valence-electron chi connectivity index (χ2n) is 5.93. The summed E-state index contributed by atoms with van der Waals surface area (Å²) in [7, 11) is -3.99. The van der Waals surface area contributed by atoms with Gasteiger partial charge in [0, 0.05) is 5.56 Å². The molecule has 4 nitrogen and oxygen atoms in total. The lowest BCUT2D eigenvalue weighted by molar-refractivity contribution is 0.0826. The van der Waals surface area contributed by atoms with Gasteiger partial charge in [0.15, 0.2) is 5.78 Å². The Hall–Kier alpha value is -2.50. The first kappa shape index (κ1) is 17.3. The van der Waals surface area contributed by atoms with Crippen molar-refractivity contribution in [3.05, 3.63) is 77.9 Å². The molecule has 1 atom stereocenters. The van der Waals surface area contributed by atoms with Crippen molar-refractivity contribution in [1.82, 2.24) is 0 Å². The lowest BCUT2D eigenvalue weighted by Gasteiger charge is -2.13. The van der Waals surface area contributed by atoms with Crippen molar-refractivity contribution in [2.45, 2.75) is 24.8 Å². The molecule has 3 aromatic carbocycles. The fraction of sp³-hybridized carbons (Fsp3) is 0.150. The van der Waals surface area contributed by atoms with E-state index in [-0.39, 0.29) is 10.7 Å². The van der Waals surface area contributed by atoms with Crippen LogP contribution in [0.3, 0.4) is 0 Å². The van der Waals surface area contributed by atoms with Gasteiger partial charge in [-0.05, 0) is 42.8 Å². The highest BCUT2D eigenvalue weighted by atomic mass is 32.2. The summed E-state index contributed by atoms with van der Waals surface area (Å²) in [5, 5.41) is 1.93. The largest absolute Gasteiger partial charge is 0.297 e. The highest BCUT2D eigenvalue weighted by Gasteiger charge is 2.24. The summed E-state index contributed by atoms with van der Waals surface area (Å²) in [4.78, 5) is 12.6. The monoisotopic (exact) mass is 354 g/mol. The van der Waals surface area contributed by atoms with E-state index in [1.807, 2.05) is 37.3 Å². The summed E-state index contributed by atoms with van der Waals surface area (Å²) in [5.74, 6) is -0.374. The number of carbonyl (C=O) groups excluding carboxylic acids is 1. The predicted molar refractivity (Wildman–Crippen MR) is 97.2 cm³/mol. The molecule has 0 saturated carbocycles. The van der Waals surface area contributed by atoms with Gasteiger partial charge in [-0.3, -0.25) is 8.98 Å². The average Bonchev–Trinajstić information content (AvgIpc) is 2.60. The molecule has 0 fully saturated rings. The molecule has 0 heterocycles. The van der Waals surface area contributed by atoms with Gasteiger partial charge in [-0.2, -0.15) is 8.42 Å². The maximum absolute atomic E-state index is 12.6. The summed E-state index contributed by atoms with van der Waals surface area (Å²) in [5.41, 5.74) is 1.37. The molecule has 0 aliphatic heterocycles. The maximum Gasteiger partial charge on any atom is 0.297 e. The molecule has 0 unspecified atom stereocenters. The SMILES string of the molecule is Cc1ccc(S(=O)(=O)O[C@H](C)C(=O)c2ccc3ccccc3c2)cc1. The van der Waals surface area contributed by atoms with E-state index in [2.05, 4.69) is 0 Å². The summed E-state index contributed by atoms with van der Waals surface area (Å²) in [6, 6.07) is 19.2. The van der Waals surface area contributed by atoms with Crippen LogP contribution in [0, 0.1) is 6.92 Å². The first-order valence-corrected chi connectivity index (χ1v) is 9.30. The first-order chi connectivity index (χ1) is 11.9. The molecule has 0 bridgehead atoms. The van der Waals surface area contributed by atoms with Gasteiger partial charge in [0.1, 0.15) is 6.10 Å². The Morgan fingerprint density at radius 3 is 2.24 bits per heavy atom. The summed E-state index contributed by atoms with van der Waals surface area (Å²) in [6.45, 7) is 3.31. The van der Waals surface area contributed by atoms with Crippen LogP contribution in [-0.4, -0.2) is 20.3 Å². The predicted octanol–water partition coefficient (Wildman–Crippen LogP) is 4.12. The van der Waals surface area contributed by atoms with Crippen LogP contribution < -0.4 is 0 Å². The molecule has 0 aliphatic rings. The molecular weight excluding hydrogens is 336 g/mol. The van der Waals surface area contributed by atoms with Gasteiger partial charge in [-0.1, -0.05) is 54.1 Å². The number of carbonyl (C=O) groups is 1. The second-order valence-corrected chi connectivity index (χ2v) is 7.50. The van der Waals surface area contributed by atoms with Crippen molar-refractivity contribution in [2.24, 2.45) is 0 Å². The molecule has 25 heavy (non-hydrogen) atoms. The number of rotatable bonds is 5. The smallest absolute Gasteiger partial charge is 0.291 e. The Morgan fingerprint density at radius 1 is 0.920 bits per heavy atom. The zero-order valence-corrected chi connectivity index (χ0v) is 14.8. The van der Waals surface area contributed by atoms with E-state index >= 15 is 0 Å². The Kier molecular flexibility index (Phi) is 4.70. The van der Waals surface area contributed by atoms with E-state index in [1.165, 1.54) is 19.1 Å². The third kappa shape index (κ3) is 3.78. The van der Waals surface area contributed by atoms with Crippen LogP contribution in [0.15, 0.2) is 71.6 Å². The lowest BCUT2D eigenvalue weighted by atomic mass is 10.0. The second kappa shape index (κ2) is 6.78. The third-order valence-corrected chi connectivity index (χ3v) is 5.38. The minimum atomic E-state index is -3.99. The highest BCUT2D eigenvalue weighted by molar-refractivity contribution is 7.86. The number of benzene rings is 3. The van der Waals surface area contributed by atoms with Crippen LogP contribution in [0.1, 0.15) is 22.8 Å². The zero-order chi connectivity index (χ0) is 18.0. The van der Waals surface area contributed by atoms with Crippen molar-refractivity contribution >= 4 is 26.7 Å². The normalized spacial score (nSPS) is 12.9. The van der Waals surface area contributed by atoms with Crippen molar-refractivity contribution in [2.75, 3.05) is 0 Å². The Balaban J connectivity index is 1.82. The topological polar surface area (TPSA) is 60.4 Å². The molecule has 0 N–H and O–H groups in total. The van der Waals surface area contributed by atoms with Crippen molar-refractivity contribution in [1.29, 1.82) is 0 Å². The quantitative estimate of drug-likeness (QED) is 0.511. The van der Waals surface area contributed by atoms with Gasteiger partial charge in [-0.15, -0.1) is 0 Å². The molecule has 128 valence electrons. The number of aryl methyl sites for hydroxylation is 1. The van der Waals surface area contributed by atoms with Gasteiger partial charge in [0.05, 0.1) is 4.90 Å². The molecule has 0 aliphatic carbocycles. The van der Waals surface area contributed by atoms with Crippen LogP contribution >= 0.6 is 0 Å². The number of Topliss-reactive ketones (excluding diaryl/α,β-unsaturated/α-hetero) is 1. The van der Waals surface area contributed by atoms with Crippen LogP contribution in [0.2, 0.25) is 0 Å². The van der Waals surface area contributed by atoms with Gasteiger partial charge >= 0.3 is 0 Å².